The minimum absolute atomic E-state index is 0.130. The second-order valence-corrected chi connectivity index (χ2v) is 9.49. The van der Waals surface area contributed by atoms with E-state index in [2.05, 4.69) is 14.9 Å². The fourth-order valence-corrected chi connectivity index (χ4v) is 5.70. The van der Waals surface area contributed by atoms with E-state index < -0.39 is 11.7 Å². The van der Waals surface area contributed by atoms with Crippen molar-refractivity contribution in [3.63, 3.8) is 0 Å². The number of amides is 1. The number of pyridine rings is 1. The molecule has 0 radical (unpaired) electrons. The van der Waals surface area contributed by atoms with Crippen LogP contribution in [0.3, 0.4) is 0 Å². The number of fused-ring (bicyclic) bond motifs is 2. The molecule has 2 atom stereocenters. The molecule has 0 spiro atoms. The molecule has 10 heteroatoms. The van der Waals surface area contributed by atoms with Crippen LogP contribution in [0.25, 0.3) is 5.65 Å². The second kappa shape index (κ2) is 8.08. The van der Waals surface area contributed by atoms with Crippen molar-refractivity contribution in [2.75, 3.05) is 20.1 Å². The first kappa shape index (κ1) is 21.3. The zero-order valence-corrected chi connectivity index (χ0v) is 18.2. The van der Waals surface area contributed by atoms with Crippen LogP contribution in [-0.4, -0.2) is 45.5 Å². The van der Waals surface area contributed by atoms with E-state index in [0.717, 1.165) is 11.0 Å². The molecule has 3 aromatic rings. The summed E-state index contributed by atoms with van der Waals surface area (Å²) in [5, 5.41) is 8.20. The average Bonchev–Trinajstić information content (AvgIpc) is 3.46. The van der Waals surface area contributed by atoms with Gasteiger partial charge < -0.3 is 4.90 Å². The van der Waals surface area contributed by atoms with Crippen LogP contribution in [0.1, 0.15) is 40.5 Å². The second-order valence-electron chi connectivity index (χ2n) is 8.41. The number of hydrogen-bond donors (Lipinski definition) is 1. The summed E-state index contributed by atoms with van der Waals surface area (Å²) in [7, 11) is 1.82. The molecule has 1 aliphatic heterocycles. The Hall–Kier alpha value is -2.59. The van der Waals surface area contributed by atoms with E-state index >= 15 is 0 Å². The number of benzene rings is 1. The Bertz CT molecular complexity index is 1150. The molecule has 1 N–H and O–H groups in total. The van der Waals surface area contributed by atoms with Crippen molar-refractivity contribution in [3.8, 4) is 0 Å². The summed E-state index contributed by atoms with van der Waals surface area (Å²) in [6.45, 7) is 1.07. The first-order valence-corrected chi connectivity index (χ1v) is 11.3. The summed E-state index contributed by atoms with van der Waals surface area (Å²) >= 11 is 1.43. The third-order valence-corrected chi connectivity index (χ3v) is 7.21. The topological polar surface area (TPSA) is 62.5 Å². The number of rotatable bonds is 4. The van der Waals surface area contributed by atoms with Gasteiger partial charge in [-0.3, -0.25) is 13.9 Å². The molecule has 6 nitrogen and oxygen atoms in total. The summed E-state index contributed by atoms with van der Waals surface area (Å²) < 4.78 is 45.0. The number of nitrogens with one attached hydrogen (secondary N) is 1. The highest BCUT2D eigenvalue weighted by molar-refractivity contribution is 7.97. The van der Waals surface area contributed by atoms with Gasteiger partial charge in [0.15, 0.2) is 5.65 Å². The maximum atomic E-state index is 13.4. The maximum Gasteiger partial charge on any atom is 0.416 e. The van der Waals surface area contributed by atoms with Gasteiger partial charge in [0.05, 0.1) is 5.56 Å². The lowest BCUT2D eigenvalue weighted by atomic mass is 9.91. The number of carbonyl (C=O) groups excluding carboxylic acids is 1. The molecule has 3 heterocycles. The number of nitrogens with zero attached hydrogens (tertiary/aromatic N) is 4. The summed E-state index contributed by atoms with van der Waals surface area (Å²) in [5.74, 6) is 0.332. The molecule has 1 aliphatic carbocycles. The van der Waals surface area contributed by atoms with Crippen molar-refractivity contribution >= 4 is 23.5 Å². The zero-order valence-electron chi connectivity index (χ0n) is 17.3. The Morgan fingerprint density at radius 3 is 2.50 bits per heavy atom. The monoisotopic (exact) mass is 461 g/mol. The molecule has 2 fully saturated rings. The third-order valence-electron chi connectivity index (χ3n) is 6.53. The normalized spacial score (nSPS) is 23.1. The Morgan fingerprint density at radius 2 is 1.81 bits per heavy atom. The standard InChI is InChI=1S/C22H22F3N5OS/c1-26-32-16-6-7-19-27-28-20(30(19)12-16)21(31)29-10-14-8-13(9-15(14)11-29)17-4-2-3-5-18(17)22(23,24)25/h2-7,12-15,26H,8-11H2,1H3. The van der Waals surface area contributed by atoms with E-state index in [9.17, 15) is 18.0 Å². The van der Waals surface area contributed by atoms with Gasteiger partial charge in [0, 0.05) is 24.2 Å². The highest BCUT2D eigenvalue weighted by atomic mass is 32.2. The first-order chi connectivity index (χ1) is 15.3. The van der Waals surface area contributed by atoms with Crippen LogP contribution in [0.15, 0.2) is 47.5 Å². The van der Waals surface area contributed by atoms with Crippen LogP contribution >= 0.6 is 11.9 Å². The van der Waals surface area contributed by atoms with Gasteiger partial charge in [-0.15, -0.1) is 10.2 Å². The summed E-state index contributed by atoms with van der Waals surface area (Å²) in [6.07, 6.45) is -1.21. The van der Waals surface area contributed by atoms with Crippen LogP contribution in [-0.2, 0) is 6.18 Å². The molecular weight excluding hydrogens is 439 g/mol. The predicted octanol–water partition coefficient (Wildman–Crippen LogP) is 4.24. The predicted molar refractivity (Wildman–Crippen MR) is 114 cm³/mol. The highest BCUT2D eigenvalue weighted by Gasteiger charge is 2.45. The summed E-state index contributed by atoms with van der Waals surface area (Å²) in [5.41, 5.74) is 0.436. The fourth-order valence-electron chi connectivity index (χ4n) is 5.17. The quantitative estimate of drug-likeness (QED) is 0.589. The average molecular weight is 462 g/mol. The van der Waals surface area contributed by atoms with E-state index in [0.29, 0.717) is 37.1 Å². The van der Waals surface area contributed by atoms with Crippen molar-refractivity contribution < 1.29 is 18.0 Å². The lowest BCUT2D eigenvalue weighted by Gasteiger charge is -2.21. The van der Waals surface area contributed by atoms with Crippen LogP contribution in [0.2, 0.25) is 0 Å². The number of likely N-dealkylation sites (tertiary alicyclic amines) is 1. The molecule has 1 aromatic carbocycles. The Labute approximate surface area is 187 Å². The van der Waals surface area contributed by atoms with Crippen LogP contribution in [0, 0.1) is 11.8 Å². The van der Waals surface area contributed by atoms with Crippen molar-refractivity contribution in [2.24, 2.45) is 11.8 Å². The molecule has 32 heavy (non-hydrogen) atoms. The number of aromatic nitrogens is 3. The number of alkyl halides is 3. The van der Waals surface area contributed by atoms with E-state index in [1.54, 1.807) is 21.4 Å². The van der Waals surface area contributed by atoms with E-state index in [-0.39, 0.29) is 29.5 Å². The first-order valence-electron chi connectivity index (χ1n) is 10.5. The molecule has 5 rings (SSSR count). The van der Waals surface area contributed by atoms with Crippen molar-refractivity contribution in [2.45, 2.75) is 29.8 Å². The van der Waals surface area contributed by atoms with Crippen LogP contribution < -0.4 is 4.72 Å². The van der Waals surface area contributed by atoms with Gasteiger partial charge in [0.1, 0.15) is 0 Å². The zero-order chi connectivity index (χ0) is 22.5. The van der Waals surface area contributed by atoms with E-state index in [1.165, 1.54) is 18.0 Å². The molecule has 168 valence electrons. The van der Waals surface area contributed by atoms with Crippen molar-refractivity contribution in [1.82, 2.24) is 24.2 Å². The van der Waals surface area contributed by atoms with Gasteiger partial charge in [0.2, 0.25) is 5.82 Å². The molecule has 2 aliphatic rings. The Morgan fingerprint density at radius 1 is 1.09 bits per heavy atom. The molecule has 2 unspecified atom stereocenters. The molecule has 1 saturated carbocycles. The molecular formula is C22H22F3N5OS. The number of halogens is 3. The Kier molecular flexibility index (Phi) is 5.37. The van der Waals surface area contributed by atoms with Gasteiger partial charge in [0.25, 0.3) is 5.91 Å². The highest BCUT2D eigenvalue weighted by Crippen LogP contribution is 2.49. The van der Waals surface area contributed by atoms with Gasteiger partial charge in [-0.1, -0.05) is 18.2 Å². The van der Waals surface area contributed by atoms with Gasteiger partial charge in [-0.05, 0) is 73.4 Å². The van der Waals surface area contributed by atoms with Gasteiger partial charge >= 0.3 is 6.18 Å². The third kappa shape index (κ3) is 3.75. The minimum Gasteiger partial charge on any atom is -0.335 e. The summed E-state index contributed by atoms with van der Waals surface area (Å²) in [4.78, 5) is 15.9. The summed E-state index contributed by atoms with van der Waals surface area (Å²) in [6, 6.07) is 9.58. The molecule has 1 saturated heterocycles. The van der Waals surface area contributed by atoms with Crippen molar-refractivity contribution in [3.05, 3.63) is 59.5 Å². The van der Waals surface area contributed by atoms with Crippen LogP contribution in [0.4, 0.5) is 13.2 Å². The molecule has 0 bridgehead atoms. The number of hydrogen-bond acceptors (Lipinski definition) is 5. The number of carbonyl (C=O) groups is 1. The van der Waals surface area contributed by atoms with Gasteiger partial charge in [-0.25, -0.2) is 0 Å². The molecule has 2 aromatic heterocycles. The minimum atomic E-state index is -4.35. The maximum absolute atomic E-state index is 13.4. The largest absolute Gasteiger partial charge is 0.416 e. The van der Waals surface area contributed by atoms with Gasteiger partial charge in [-0.2, -0.15) is 13.2 Å². The Balaban J connectivity index is 1.32. The van der Waals surface area contributed by atoms with Crippen LogP contribution in [0.5, 0.6) is 0 Å². The van der Waals surface area contributed by atoms with Crippen molar-refractivity contribution in [1.29, 1.82) is 0 Å². The molecule has 1 amide bonds. The lowest BCUT2D eigenvalue weighted by Crippen LogP contribution is -2.31. The lowest BCUT2D eigenvalue weighted by molar-refractivity contribution is -0.138. The fraction of sp³-hybridized carbons (Fsp3) is 0.409. The van der Waals surface area contributed by atoms with E-state index in [4.69, 9.17) is 0 Å². The van der Waals surface area contributed by atoms with E-state index in [1.807, 2.05) is 25.4 Å². The SMILES string of the molecule is CNSc1ccc2nnc(C(=O)N3CC4CC(c5ccccc5C(F)(F)F)CC4C3)n2c1. The smallest absolute Gasteiger partial charge is 0.335 e.